The van der Waals surface area contributed by atoms with E-state index in [-0.39, 0.29) is 0 Å². The van der Waals surface area contributed by atoms with Crippen LogP contribution in [-0.2, 0) is 4.74 Å². The summed E-state index contributed by atoms with van der Waals surface area (Å²) < 4.78 is 5.46. The molecule has 0 amide bonds. The van der Waals surface area contributed by atoms with Gasteiger partial charge in [-0.1, -0.05) is 18.2 Å². The van der Waals surface area contributed by atoms with E-state index in [1.807, 2.05) is 7.05 Å². The molecule has 2 aliphatic heterocycles. The van der Waals surface area contributed by atoms with Crippen LogP contribution in [0.1, 0.15) is 24.3 Å². The summed E-state index contributed by atoms with van der Waals surface area (Å²) in [4.78, 5) is 2.59. The van der Waals surface area contributed by atoms with Gasteiger partial charge in [0.25, 0.3) is 0 Å². The van der Waals surface area contributed by atoms with Crippen molar-refractivity contribution in [1.82, 2.24) is 5.32 Å². The van der Waals surface area contributed by atoms with Gasteiger partial charge in [0.05, 0.1) is 0 Å². The molecule has 3 rings (SSSR count). The van der Waals surface area contributed by atoms with Crippen molar-refractivity contribution < 1.29 is 4.74 Å². The molecule has 2 aliphatic rings. The summed E-state index contributed by atoms with van der Waals surface area (Å²) in [7, 11) is 2.05. The van der Waals surface area contributed by atoms with Gasteiger partial charge in [0.2, 0.25) is 0 Å². The van der Waals surface area contributed by atoms with E-state index >= 15 is 0 Å². The number of para-hydroxylation sites is 1. The minimum atomic E-state index is 0.640. The largest absolute Gasteiger partial charge is 0.381 e. The van der Waals surface area contributed by atoms with Crippen molar-refractivity contribution in [3.63, 3.8) is 0 Å². The Hall–Kier alpha value is -1.06. The lowest BCUT2D eigenvalue weighted by Gasteiger charge is -2.29. The molecule has 2 heterocycles. The fourth-order valence-electron chi connectivity index (χ4n) is 3.42. The zero-order valence-electron chi connectivity index (χ0n) is 11.8. The number of fused-ring (bicyclic) bond motifs is 1. The fourth-order valence-corrected chi connectivity index (χ4v) is 3.42. The lowest BCUT2D eigenvalue weighted by atomic mass is 10.00. The molecule has 1 fully saturated rings. The van der Waals surface area contributed by atoms with Crippen molar-refractivity contribution in [2.75, 3.05) is 44.8 Å². The third-order valence-corrected chi connectivity index (χ3v) is 4.43. The minimum absolute atomic E-state index is 0.640. The standard InChI is InChI=1S/C16H24N2O/c1-17-10-14-12-18(11-13-6-8-19-9-7-13)16-5-3-2-4-15(14)16/h2-5,13-14,17H,6-12H2,1H3. The number of rotatable bonds is 4. The first-order valence-electron chi connectivity index (χ1n) is 7.44. The van der Waals surface area contributed by atoms with Crippen molar-refractivity contribution in [1.29, 1.82) is 0 Å². The van der Waals surface area contributed by atoms with Gasteiger partial charge >= 0.3 is 0 Å². The Kier molecular flexibility index (Phi) is 4.04. The average Bonchev–Trinajstić information content (AvgIpc) is 2.79. The van der Waals surface area contributed by atoms with E-state index in [0.717, 1.165) is 32.2 Å². The van der Waals surface area contributed by atoms with E-state index in [4.69, 9.17) is 4.74 Å². The number of likely N-dealkylation sites (N-methyl/N-ethyl adjacent to an activating group) is 1. The van der Waals surface area contributed by atoms with Crippen LogP contribution >= 0.6 is 0 Å². The first-order valence-corrected chi connectivity index (χ1v) is 7.44. The molecular weight excluding hydrogens is 236 g/mol. The normalized spacial score (nSPS) is 23.6. The van der Waals surface area contributed by atoms with Gasteiger partial charge in [-0.15, -0.1) is 0 Å². The maximum Gasteiger partial charge on any atom is 0.0469 e. The monoisotopic (exact) mass is 260 g/mol. The van der Waals surface area contributed by atoms with Gasteiger partial charge in [-0.05, 0) is 37.4 Å². The zero-order chi connectivity index (χ0) is 13.1. The fraction of sp³-hybridized carbons (Fsp3) is 0.625. The van der Waals surface area contributed by atoms with Crippen LogP contribution in [0.2, 0.25) is 0 Å². The number of hydrogen-bond acceptors (Lipinski definition) is 3. The smallest absolute Gasteiger partial charge is 0.0469 e. The molecule has 1 unspecified atom stereocenters. The molecule has 0 spiro atoms. The summed E-state index contributed by atoms with van der Waals surface area (Å²) in [6, 6.07) is 8.91. The summed E-state index contributed by atoms with van der Waals surface area (Å²) in [5.41, 5.74) is 2.97. The van der Waals surface area contributed by atoms with Crippen LogP contribution in [0.5, 0.6) is 0 Å². The van der Waals surface area contributed by atoms with E-state index in [9.17, 15) is 0 Å². The molecule has 104 valence electrons. The van der Waals surface area contributed by atoms with Crippen LogP contribution in [0, 0.1) is 5.92 Å². The quantitative estimate of drug-likeness (QED) is 0.898. The molecule has 19 heavy (non-hydrogen) atoms. The van der Waals surface area contributed by atoms with E-state index < -0.39 is 0 Å². The molecule has 1 aromatic rings. The number of nitrogens with one attached hydrogen (secondary N) is 1. The molecule has 1 aromatic carbocycles. The van der Waals surface area contributed by atoms with E-state index in [2.05, 4.69) is 34.5 Å². The highest BCUT2D eigenvalue weighted by atomic mass is 16.5. The molecule has 0 saturated carbocycles. The average molecular weight is 260 g/mol. The van der Waals surface area contributed by atoms with E-state index in [1.54, 1.807) is 0 Å². The number of nitrogens with zero attached hydrogens (tertiary/aromatic N) is 1. The van der Waals surface area contributed by atoms with Crippen LogP contribution in [0.4, 0.5) is 5.69 Å². The lowest BCUT2D eigenvalue weighted by Crippen LogP contribution is -2.32. The topological polar surface area (TPSA) is 24.5 Å². The molecule has 3 nitrogen and oxygen atoms in total. The summed E-state index contributed by atoms with van der Waals surface area (Å²) in [6.07, 6.45) is 2.44. The van der Waals surface area contributed by atoms with Crippen molar-refractivity contribution in [2.24, 2.45) is 5.92 Å². The second-order valence-corrected chi connectivity index (χ2v) is 5.77. The summed E-state index contributed by atoms with van der Waals surface area (Å²) >= 11 is 0. The van der Waals surface area contributed by atoms with Gasteiger partial charge < -0.3 is 15.0 Å². The number of hydrogen-bond donors (Lipinski definition) is 1. The minimum Gasteiger partial charge on any atom is -0.381 e. The number of ether oxygens (including phenoxy) is 1. The highest BCUT2D eigenvalue weighted by molar-refractivity contribution is 5.60. The van der Waals surface area contributed by atoms with Crippen LogP contribution in [0.25, 0.3) is 0 Å². The Balaban J connectivity index is 1.72. The zero-order valence-corrected chi connectivity index (χ0v) is 11.8. The molecule has 3 heteroatoms. The van der Waals surface area contributed by atoms with Crippen molar-refractivity contribution >= 4 is 5.69 Å². The summed E-state index contributed by atoms with van der Waals surface area (Å²) in [5, 5.41) is 3.33. The predicted molar refractivity (Wildman–Crippen MR) is 78.9 cm³/mol. The second kappa shape index (κ2) is 5.93. The molecule has 0 aromatic heterocycles. The molecule has 1 saturated heterocycles. The maximum atomic E-state index is 5.46. The number of benzene rings is 1. The molecular formula is C16H24N2O. The first kappa shape index (κ1) is 12.9. The number of anilines is 1. The van der Waals surface area contributed by atoms with E-state index in [0.29, 0.717) is 5.92 Å². The Bertz CT molecular complexity index is 415. The Morgan fingerprint density at radius 3 is 2.84 bits per heavy atom. The lowest BCUT2D eigenvalue weighted by molar-refractivity contribution is 0.0683. The predicted octanol–water partition coefficient (Wildman–Crippen LogP) is 2.24. The first-order chi connectivity index (χ1) is 9.38. The molecule has 1 atom stereocenters. The van der Waals surface area contributed by atoms with Gasteiger partial charge in [0.1, 0.15) is 0 Å². The second-order valence-electron chi connectivity index (χ2n) is 5.77. The van der Waals surface area contributed by atoms with Crippen molar-refractivity contribution in [3.05, 3.63) is 29.8 Å². The van der Waals surface area contributed by atoms with Crippen LogP contribution < -0.4 is 10.2 Å². The third kappa shape index (κ3) is 2.77. The van der Waals surface area contributed by atoms with Crippen LogP contribution in [0.3, 0.4) is 0 Å². The van der Waals surface area contributed by atoms with Gasteiger partial charge in [0, 0.05) is 44.5 Å². The van der Waals surface area contributed by atoms with Crippen LogP contribution in [-0.4, -0.2) is 39.9 Å². The SMILES string of the molecule is CNCC1CN(CC2CCOCC2)c2ccccc21. The van der Waals surface area contributed by atoms with Crippen molar-refractivity contribution in [2.45, 2.75) is 18.8 Å². The molecule has 1 N–H and O–H groups in total. The molecule has 0 aliphatic carbocycles. The maximum absolute atomic E-state index is 5.46. The van der Waals surface area contributed by atoms with Gasteiger partial charge in [0.15, 0.2) is 0 Å². The highest BCUT2D eigenvalue weighted by Gasteiger charge is 2.29. The van der Waals surface area contributed by atoms with Crippen molar-refractivity contribution in [3.8, 4) is 0 Å². The summed E-state index contributed by atoms with van der Waals surface area (Å²) in [5.74, 6) is 1.44. The van der Waals surface area contributed by atoms with Crippen LogP contribution in [0.15, 0.2) is 24.3 Å². The highest BCUT2D eigenvalue weighted by Crippen LogP contribution is 2.36. The third-order valence-electron chi connectivity index (χ3n) is 4.43. The van der Waals surface area contributed by atoms with E-state index in [1.165, 1.54) is 30.6 Å². The van der Waals surface area contributed by atoms with Gasteiger partial charge in [-0.25, -0.2) is 0 Å². The van der Waals surface area contributed by atoms with Gasteiger partial charge in [-0.3, -0.25) is 0 Å². The molecule has 0 radical (unpaired) electrons. The Morgan fingerprint density at radius 1 is 1.26 bits per heavy atom. The van der Waals surface area contributed by atoms with Gasteiger partial charge in [-0.2, -0.15) is 0 Å². The molecule has 0 bridgehead atoms. The Labute approximate surface area is 115 Å². The summed E-state index contributed by atoms with van der Waals surface area (Å²) in [6.45, 7) is 5.32. The Morgan fingerprint density at radius 2 is 2.05 bits per heavy atom.